The zero-order chi connectivity index (χ0) is 13.8. The molecule has 3 rings (SSSR count). The topological polar surface area (TPSA) is 0 Å². The van der Waals surface area contributed by atoms with Gasteiger partial charge in [-0.25, -0.2) is 0 Å². The Hall–Kier alpha value is -1.36. The third kappa shape index (κ3) is 1.57. The van der Waals surface area contributed by atoms with Gasteiger partial charge >= 0.3 is 11.8 Å². The highest BCUT2D eigenvalue weighted by molar-refractivity contribution is 9.10. The molecule has 0 saturated carbocycles. The molecule has 19 heavy (non-hydrogen) atoms. The van der Waals surface area contributed by atoms with Crippen molar-refractivity contribution in [1.82, 2.24) is 0 Å². The van der Waals surface area contributed by atoms with Crippen LogP contribution in [-0.2, 0) is 11.8 Å². The minimum atomic E-state index is -4.22. The number of hydrogen-bond acceptors (Lipinski definition) is 0. The van der Waals surface area contributed by atoms with Crippen molar-refractivity contribution in [2.75, 3.05) is 0 Å². The fourth-order valence-electron chi connectivity index (χ4n) is 2.34. The van der Waals surface area contributed by atoms with E-state index in [4.69, 9.17) is 0 Å². The summed E-state index contributed by atoms with van der Waals surface area (Å²) in [5.74, 6) is -8.43. The number of hydrogen-bond donors (Lipinski definition) is 0. The van der Waals surface area contributed by atoms with Gasteiger partial charge in [-0.05, 0) is 23.3 Å². The summed E-state index contributed by atoms with van der Waals surface area (Å²) < 4.78 is 56.5. The monoisotopic (exact) mass is 330 g/mol. The van der Waals surface area contributed by atoms with Gasteiger partial charge in [0.15, 0.2) is 0 Å². The summed E-state index contributed by atoms with van der Waals surface area (Å²) >= 11 is 3.04. The maximum Gasteiger partial charge on any atom is 0.340 e. The van der Waals surface area contributed by atoms with E-state index in [1.165, 1.54) is 18.2 Å². The molecule has 0 aliphatic heterocycles. The predicted molar refractivity (Wildman–Crippen MR) is 67.4 cm³/mol. The quantitative estimate of drug-likeness (QED) is 0.574. The summed E-state index contributed by atoms with van der Waals surface area (Å²) in [5.41, 5.74) is -0.976. The van der Waals surface area contributed by atoms with Crippen LogP contribution in [0.25, 0.3) is 11.1 Å². The molecule has 0 atom stereocenters. The SMILES string of the molecule is FC1(F)c2ccccc2-c2ccc(Br)cc2C1(F)F. The Kier molecular flexibility index (Phi) is 2.55. The van der Waals surface area contributed by atoms with Crippen LogP contribution in [0.15, 0.2) is 46.9 Å². The third-order valence-corrected chi connectivity index (χ3v) is 3.76. The van der Waals surface area contributed by atoms with Crippen LogP contribution in [0.2, 0.25) is 0 Å². The first-order chi connectivity index (χ1) is 8.85. The van der Waals surface area contributed by atoms with Gasteiger partial charge in [-0.15, -0.1) is 0 Å². The highest BCUT2D eigenvalue weighted by atomic mass is 79.9. The molecule has 0 fully saturated rings. The Balaban J connectivity index is 2.43. The van der Waals surface area contributed by atoms with Crippen LogP contribution >= 0.6 is 15.9 Å². The summed E-state index contributed by atoms with van der Waals surface area (Å²) in [6.07, 6.45) is 0. The molecule has 0 amide bonds. The van der Waals surface area contributed by atoms with E-state index in [0.29, 0.717) is 4.47 Å². The van der Waals surface area contributed by atoms with Crippen molar-refractivity contribution in [3.8, 4) is 11.1 Å². The molecule has 0 spiro atoms. The van der Waals surface area contributed by atoms with E-state index in [0.717, 1.165) is 12.1 Å². The van der Waals surface area contributed by atoms with E-state index in [1.54, 1.807) is 12.1 Å². The fraction of sp³-hybridized carbons (Fsp3) is 0.143. The largest absolute Gasteiger partial charge is 0.340 e. The smallest absolute Gasteiger partial charge is 0.194 e. The lowest BCUT2D eigenvalue weighted by Crippen LogP contribution is -2.39. The Labute approximate surface area is 115 Å². The van der Waals surface area contributed by atoms with Gasteiger partial charge in [-0.1, -0.05) is 46.3 Å². The molecule has 0 N–H and O–H groups in total. The van der Waals surface area contributed by atoms with Crippen LogP contribution < -0.4 is 0 Å². The maximum atomic E-state index is 14.1. The fourth-order valence-corrected chi connectivity index (χ4v) is 2.70. The standard InChI is InChI=1S/C14H7BrF4/c15-8-5-6-10-9-3-1-2-4-11(9)13(16,17)14(18,19)12(10)7-8/h1-7H. The van der Waals surface area contributed by atoms with E-state index in [9.17, 15) is 17.6 Å². The molecule has 0 unspecified atom stereocenters. The average Bonchev–Trinajstić information content (AvgIpc) is 2.37. The summed E-state index contributed by atoms with van der Waals surface area (Å²) in [4.78, 5) is 0. The summed E-state index contributed by atoms with van der Waals surface area (Å²) in [6, 6.07) is 9.44. The summed E-state index contributed by atoms with van der Waals surface area (Å²) in [6.45, 7) is 0. The van der Waals surface area contributed by atoms with Gasteiger partial charge < -0.3 is 0 Å². The first kappa shape index (κ1) is 12.7. The summed E-state index contributed by atoms with van der Waals surface area (Å²) in [7, 11) is 0. The van der Waals surface area contributed by atoms with Gasteiger partial charge in [0.2, 0.25) is 0 Å². The molecule has 2 aromatic rings. The highest BCUT2D eigenvalue weighted by Crippen LogP contribution is 2.57. The molecule has 98 valence electrons. The van der Waals surface area contributed by atoms with E-state index in [1.807, 2.05) is 0 Å². The normalized spacial score (nSPS) is 18.6. The lowest BCUT2D eigenvalue weighted by Gasteiger charge is -2.34. The Morgan fingerprint density at radius 1 is 0.737 bits per heavy atom. The second-order valence-electron chi connectivity index (χ2n) is 4.38. The van der Waals surface area contributed by atoms with Crippen molar-refractivity contribution in [1.29, 1.82) is 0 Å². The highest BCUT2D eigenvalue weighted by Gasteiger charge is 2.62. The molecule has 1 aliphatic carbocycles. The van der Waals surface area contributed by atoms with Gasteiger partial charge in [0.05, 0.1) is 0 Å². The van der Waals surface area contributed by atoms with Gasteiger partial charge in [-0.3, -0.25) is 0 Å². The second kappa shape index (κ2) is 3.82. The lowest BCUT2D eigenvalue weighted by atomic mass is 9.80. The van der Waals surface area contributed by atoms with Crippen molar-refractivity contribution in [3.63, 3.8) is 0 Å². The van der Waals surface area contributed by atoms with Crippen LogP contribution in [0, 0.1) is 0 Å². The number of benzene rings is 2. The molecule has 5 heteroatoms. The number of rotatable bonds is 0. The second-order valence-corrected chi connectivity index (χ2v) is 5.30. The van der Waals surface area contributed by atoms with Crippen molar-refractivity contribution in [2.24, 2.45) is 0 Å². The number of fused-ring (bicyclic) bond motifs is 3. The van der Waals surface area contributed by atoms with Crippen molar-refractivity contribution in [3.05, 3.63) is 58.1 Å². The summed E-state index contributed by atoms with van der Waals surface area (Å²) in [5, 5.41) is 0. The average molecular weight is 331 g/mol. The predicted octanol–water partition coefficient (Wildman–Crippen LogP) is 5.31. The molecule has 0 aromatic heterocycles. The molecule has 0 heterocycles. The first-order valence-corrected chi connectivity index (χ1v) is 6.30. The molecule has 0 radical (unpaired) electrons. The van der Waals surface area contributed by atoms with Crippen LogP contribution in [0.5, 0.6) is 0 Å². The molecular formula is C14H7BrF4. The zero-order valence-electron chi connectivity index (χ0n) is 9.43. The van der Waals surface area contributed by atoms with Gasteiger partial charge in [0.25, 0.3) is 0 Å². The van der Waals surface area contributed by atoms with E-state index in [2.05, 4.69) is 15.9 Å². The van der Waals surface area contributed by atoms with Crippen molar-refractivity contribution in [2.45, 2.75) is 11.8 Å². The molecule has 0 nitrogen and oxygen atoms in total. The number of alkyl halides is 4. The third-order valence-electron chi connectivity index (χ3n) is 3.27. The van der Waals surface area contributed by atoms with Crippen molar-refractivity contribution < 1.29 is 17.6 Å². The van der Waals surface area contributed by atoms with Crippen molar-refractivity contribution >= 4 is 15.9 Å². The van der Waals surface area contributed by atoms with Crippen LogP contribution in [0.3, 0.4) is 0 Å². The van der Waals surface area contributed by atoms with Gasteiger partial charge in [0, 0.05) is 15.6 Å². The Bertz CT molecular complexity index is 664. The first-order valence-electron chi connectivity index (χ1n) is 5.51. The van der Waals surface area contributed by atoms with Crippen LogP contribution in [-0.4, -0.2) is 0 Å². The van der Waals surface area contributed by atoms with E-state index < -0.39 is 23.0 Å². The lowest BCUT2D eigenvalue weighted by molar-refractivity contribution is -0.225. The van der Waals surface area contributed by atoms with Gasteiger partial charge in [-0.2, -0.15) is 17.6 Å². The Morgan fingerprint density at radius 2 is 1.32 bits per heavy atom. The van der Waals surface area contributed by atoms with Crippen LogP contribution in [0.1, 0.15) is 11.1 Å². The zero-order valence-corrected chi connectivity index (χ0v) is 11.0. The minimum Gasteiger partial charge on any atom is -0.194 e. The molecule has 0 saturated heterocycles. The molecule has 0 bridgehead atoms. The number of halogens is 5. The molecule has 1 aliphatic rings. The van der Waals surface area contributed by atoms with Crippen LogP contribution in [0.4, 0.5) is 17.6 Å². The minimum absolute atomic E-state index is 0.148. The maximum absolute atomic E-state index is 14.1. The van der Waals surface area contributed by atoms with Gasteiger partial charge in [0.1, 0.15) is 0 Å². The molecular weight excluding hydrogens is 324 g/mol. The molecule has 2 aromatic carbocycles. The Morgan fingerprint density at radius 3 is 2.05 bits per heavy atom. The van der Waals surface area contributed by atoms with E-state index in [-0.39, 0.29) is 11.1 Å². The van der Waals surface area contributed by atoms with E-state index >= 15 is 0 Å².